The minimum absolute atomic E-state index is 0.0877. The highest BCUT2D eigenvalue weighted by molar-refractivity contribution is 5.96. The molecule has 0 aromatic carbocycles. The maximum Gasteiger partial charge on any atom is 0.254 e. The quantitative estimate of drug-likeness (QED) is 0.0923. The van der Waals surface area contributed by atoms with Gasteiger partial charge in [0.2, 0.25) is 29.5 Å². The summed E-state index contributed by atoms with van der Waals surface area (Å²) in [4.78, 5) is 77.3. The zero-order chi connectivity index (χ0) is 32.0. The van der Waals surface area contributed by atoms with Gasteiger partial charge in [-0.25, -0.2) is 0 Å². The van der Waals surface area contributed by atoms with Crippen LogP contribution in [-0.2, 0) is 28.8 Å². The van der Waals surface area contributed by atoms with Crippen LogP contribution in [0.3, 0.4) is 0 Å². The summed E-state index contributed by atoms with van der Waals surface area (Å²) in [5, 5.41) is 34.5. The number of carbonyl (C=O) groups excluding carboxylic acids is 6. The molecule has 15 heteroatoms. The summed E-state index contributed by atoms with van der Waals surface area (Å²) in [5.41, 5.74) is 8.54. The SMILES string of the molecule is CC[C@H](C)[C@H](NC(=O)[C@@H](N)CO)C(=O)N[C@@H](C)C(=O)N[C@@H](CCC(N)=O)C(=O)NC12NC(=O)C3(O)C4C5CC(C6C5C3C61)C42. The predicted molar refractivity (Wildman–Crippen MR) is 151 cm³/mol. The lowest BCUT2D eigenvalue weighted by Gasteiger charge is -2.63. The molecule has 0 radical (unpaired) electrons. The summed E-state index contributed by atoms with van der Waals surface area (Å²) in [6.07, 6.45) is 1.16. The number of aliphatic hydroxyl groups excluding tert-OH is 1. The highest BCUT2D eigenvalue weighted by atomic mass is 16.3. The van der Waals surface area contributed by atoms with Gasteiger partial charge >= 0.3 is 0 Å². The first-order valence-corrected chi connectivity index (χ1v) is 15.7. The lowest BCUT2D eigenvalue weighted by Crippen LogP contribution is -2.85. The topological polar surface area (TPSA) is 255 Å². The number of aliphatic hydroxyl groups is 2. The second-order valence-corrected chi connectivity index (χ2v) is 13.9. The van der Waals surface area contributed by atoms with E-state index < -0.39 is 77.5 Å². The Balaban J connectivity index is 1.14. The van der Waals surface area contributed by atoms with Gasteiger partial charge in [0.15, 0.2) is 0 Å². The third kappa shape index (κ3) is 3.97. The van der Waals surface area contributed by atoms with Crippen molar-refractivity contribution in [1.29, 1.82) is 0 Å². The van der Waals surface area contributed by atoms with Crippen LogP contribution < -0.4 is 38.1 Å². The van der Waals surface area contributed by atoms with Crippen molar-refractivity contribution < 1.29 is 39.0 Å². The van der Waals surface area contributed by atoms with E-state index in [-0.39, 0.29) is 48.3 Å². The Hall–Kier alpha value is -3.30. The molecule has 15 atom stereocenters. The van der Waals surface area contributed by atoms with Crippen molar-refractivity contribution in [2.24, 2.45) is 64.7 Å². The molecule has 4 bridgehead atoms. The van der Waals surface area contributed by atoms with Crippen LogP contribution in [0, 0.1) is 53.3 Å². The molecule has 7 rings (SSSR count). The van der Waals surface area contributed by atoms with Crippen molar-refractivity contribution >= 4 is 35.4 Å². The number of primary amides is 1. The second-order valence-electron chi connectivity index (χ2n) is 13.9. The Morgan fingerprint density at radius 1 is 0.955 bits per heavy atom. The average molecular weight is 618 g/mol. The Morgan fingerprint density at radius 2 is 1.61 bits per heavy atom. The van der Waals surface area contributed by atoms with Gasteiger partial charge in [-0.1, -0.05) is 20.3 Å². The fraction of sp³-hybridized carbons (Fsp3) is 0.793. The molecule has 7 fully saturated rings. The highest BCUT2D eigenvalue weighted by Crippen LogP contribution is 2.88. The molecule has 0 aromatic heterocycles. The van der Waals surface area contributed by atoms with E-state index >= 15 is 0 Å². The number of hydrogen-bond donors (Lipinski definition) is 9. The van der Waals surface area contributed by atoms with Crippen LogP contribution in [0.25, 0.3) is 0 Å². The van der Waals surface area contributed by atoms with Crippen LogP contribution in [0.5, 0.6) is 0 Å². The molecule has 15 nitrogen and oxygen atoms in total. The first-order chi connectivity index (χ1) is 20.7. The zero-order valence-electron chi connectivity index (χ0n) is 25.0. The lowest BCUT2D eigenvalue weighted by atomic mass is 9.50. The molecule has 0 spiro atoms. The zero-order valence-corrected chi connectivity index (χ0v) is 25.0. The molecule has 7 aliphatic rings. The molecule has 5 saturated carbocycles. The molecule has 6 amide bonds. The minimum Gasteiger partial charge on any atom is -0.394 e. The Morgan fingerprint density at radius 3 is 2.25 bits per heavy atom. The molecule has 2 heterocycles. The number of nitrogens with one attached hydrogen (secondary N) is 5. The largest absolute Gasteiger partial charge is 0.394 e. The maximum absolute atomic E-state index is 13.8. The third-order valence-corrected chi connectivity index (χ3v) is 12.0. The summed E-state index contributed by atoms with van der Waals surface area (Å²) in [7, 11) is 0. The van der Waals surface area contributed by atoms with Crippen LogP contribution in [0.4, 0.5) is 0 Å². The van der Waals surface area contributed by atoms with Gasteiger partial charge in [-0.3, -0.25) is 28.8 Å². The fourth-order valence-electron chi connectivity index (χ4n) is 10.2. The number of fused-ring (bicyclic) bond motifs is 1. The first-order valence-electron chi connectivity index (χ1n) is 15.7. The smallest absolute Gasteiger partial charge is 0.254 e. The van der Waals surface area contributed by atoms with Gasteiger partial charge in [-0.15, -0.1) is 0 Å². The molecule has 44 heavy (non-hydrogen) atoms. The van der Waals surface area contributed by atoms with Crippen molar-refractivity contribution in [1.82, 2.24) is 26.6 Å². The Kier molecular flexibility index (Phi) is 7.24. The van der Waals surface area contributed by atoms with E-state index in [1.807, 2.05) is 6.92 Å². The van der Waals surface area contributed by atoms with E-state index in [1.165, 1.54) is 6.92 Å². The van der Waals surface area contributed by atoms with Crippen molar-refractivity contribution in [3.63, 3.8) is 0 Å². The van der Waals surface area contributed by atoms with Gasteiger partial charge in [0.05, 0.1) is 6.61 Å². The number of piperidine rings is 2. The van der Waals surface area contributed by atoms with Gasteiger partial charge in [0, 0.05) is 30.1 Å². The number of nitrogens with two attached hydrogens (primary N) is 2. The molecule has 2 aliphatic heterocycles. The van der Waals surface area contributed by atoms with Crippen molar-refractivity contribution in [2.75, 3.05) is 6.61 Å². The van der Waals surface area contributed by atoms with E-state index in [2.05, 4.69) is 26.6 Å². The van der Waals surface area contributed by atoms with Crippen LogP contribution >= 0.6 is 0 Å². The molecule has 2 saturated heterocycles. The predicted octanol–water partition coefficient (Wildman–Crippen LogP) is -3.85. The van der Waals surface area contributed by atoms with Gasteiger partial charge in [-0.2, -0.15) is 0 Å². The van der Waals surface area contributed by atoms with Gasteiger partial charge in [-0.05, 0) is 49.4 Å². The molecule has 242 valence electrons. The van der Waals surface area contributed by atoms with Gasteiger partial charge < -0.3 is 48.3 Å². The number of amides is 6. The summed E-state index contributed by atoms with van der Waals surface area (Å²) < 4.78 is 0. The van der Waals surface area contributed by atoms with Crippen LogP contribution in [0.2, 0.25) is 0 Å². The Bertz CT molecular complexity index is 1310. The lowest BCUT2D eigenvalue weighted by molar-refractivity contribution is -0.214. The van der Waals surface area contributed by atoms with Crippen LogP contribution in [0.1, 0.15) is 46.5 Å². The van der Waals surface area contributed by atoms with Crippen LogP contribution in [0.15, 0.2) is 0 Å². The van der Waals surface area contributed by atoms with E-state index in [0.717, 1.165) is 6.42 Å². The van der Waals surface area contributed by atoms with E-state index in [1.54, 1.807) is 6.92 Å². The van der Waals surface area contributed by atoms with Gasteiger partial charge in [0.25, 0.3) is 5.91 Å². The first kappa shape index (κ1) is 30.7. The highest BCUT2D eigenvalue weighted by Gasteiger charge is 2.95. The van der Waals surface area contributed by atoms with Crippen molar-refractivity contribution in [3.8, 4) is 0 Å². The standard InChI is InChI=1S/C29H43N7O8/c1-4-9(2)22(34-24(40)13(30)8-37)26(42)32-10(3)23(39)33-14(5-6-15(31)38)25(41)35-29-19-12-7-11-16-17(12)21(29)20(16)28(44,18(11)19)27(43)36-29/h9-14,16-22,37,44H,4-8,30H2,1-3H3,(H2,31,38)(H,32,42)(H,33,39)(H,34,40)(H,35,41)(H,36,43)/t9-,10-,11?,12?,13-,14-,16?,17?,18?,19?,20?,21?,22-,28?,29?/m0/s1. The number of carbonyl (C=O) groups is 6. The van der Waals surface area contributed by atoms with E-state index in [0.29, 0.717) is 24.2 Å². The molecular formula is C29H43N7O8. The van der Waals surface area contributed by atoms with E-state index in [9.17, 15) is 39.0 Å². The average Bonchev–Trinajstić information content (AvgIpc) is 3.53. The monoisotopic (exact) mass is 617 g/mol. The van der Waals surface area contributed by atoms with Crippen molar-refractivity contribution in [2.45, 2.75) is 81.9 Å². The summed E-state index contributed by atoms with van der Waals surface area (Å²) in [5.74, 6) is -3.45. The summed E-state index contributed by atoms with van der Waals surface area (Å²) >= 11 is 0. The van der Waals surface area contributed by atoms with Crippen LogP contribution in [-0.4, -0.2) is 87.7 Å². The summed E-state index contributed by atoms with van der Waals surface area (Å²) in [6.45, 7) is 4.38. The molecule has 10 unspecified atom stereocenters. The Labute approximate surface area is 254 Å². The van der Waals surface area contributed by atoms with Gasteiger partial charge in [0.1, 0.15) is 35.4 Å². The maximum atomic E-state index is 13.8. The van der Waals surface area contributed by atoms with E-state index in [4.69, 9.17) is 11.5 Å². The molecule has 5 aliphatic carbocycles. The fourth-order valence-corrected chi connectivity index (χ4v) is 10.2. The summed E-state index contributed by atoms with van der Waals surface area (Å²) in [6, 6.07) is -4.59. The number of hydrogen-bond acceptors (Lipinski definition) is 9. The molecular weight excluding hydrogens is 574 g/mol. The third-order valence-electron chi connectivity index (χ3n) is 12.0. The second kappa shape index (κ2) is 10.4. The molecule has 0 aromatic rings. The molecule has 11 N–H and O–H groups in total. The number of rotatable bonds is 14. The van der Waals surface area contributed by atoms with Crippen molar-refractivity contribution in [3.05, 3.63) is 0 Å². The minimum atomic E-state index is -1.39. The normalized spacial score (nSPS) is 40.8.